The van der Waals surface area contributed by atoms with Gasteiger partial charge in [0.15, 0.2) is 0 Å². The predicted molar refractivity (Wildman–Crippen MR) is 83.0 cm³/mol. The van der Waals surface area contributed by atoms with Crippen molar-refractivity contribution < 1.29 is 4.79 Å². The Labute approximate surface area is 125 Å². The first-order valence-corrected chi connectivity index (χ1v) is 7.29. The zero-order valence-corrected chi connectivity index (χ0v) is 12.4. The van der Waals surface area contributed by atoms with Gasteiger partial charge in [0.25, 0.3) is 0 Å². The van der Waals surface area contributed by atoms with Crippen molar-refractivity contribution in [3.63, 3.8) is 0 Å². The van der Waals surface area contributed by atoms with E-state index in [1.807, 2.05) is 30.3 Å². The van der Waals surface area contributed by atoms with E-state index in [0.717, 1.165) is 28.7 Å². The molecule has 1 aliphatic rings. The lowest BCUT2D eigenvalue weighted by Crippen LogP contribution is -2.14. The van der Waals surface area contributed by atoms with Crippen molar-refractivity contribution in [2.75, 3.05) is 10.6 Å². The number of rotatable bonds is 4. The second-order valence-electron chi connectivity index (χ2n) is 4.83. The fraction of sp³-hybridized carbons (Fsp3) is 0.200. The zero-order valence-electron chi connectivity index (χ0n) is 10.8. The maximum absolute atomic E-state index is 11.6. The number of anilines is 3. The molecule has 0 radical (unpaired) electrons. The molecule has 0 unspecified atom stereocenters. The first kappa shape index (κ1) is 13.1. The number of pyridine rings is 1. The maximum atomic E-state index is 11.6. The van der Waals surface area contributed by atoms with Gasteiger partial charge in [-0.15, -0.1) is 0 Å². The summed E-state index contributed by atoms with van der Waals surface area (Å²) in [5.74, 6) is 0.864. The molecule has 20 heavy (non-hydrogen) atoms. The van der Waals surface area contributed by atoms with E-state index in [4.69, 9.17) is 0 Å². The summed E-state index contributed by atoms with van der Waals surface area (Å²) < 4.78 is 1.02. The smallest absolute Gasteiger partial charge is 0.228 e. The minimum absolute atomic E-state index is 0.0743. The number of halogens is 1. The maximum Gasteiger partial charge on any atom is 0.228 e. The Balaban J connectivity index is 1.65. The van der Waals surface area contributed by atoms with Gasteiger partial charge in [-0.1, -0.05) is 22.0 Å². The highest BCUT2D eigenvalue weighted by molar-refractivity contribution is 9.10. The lowest BCUT2D eigenvalue weighted by molar-refractivity contribution is -0.117. The molecular formula is C15H14BrN3O. The number of hydrogen-bond acceptors (Lipinski definition) is 3. The molecule has 0 saturated heterocycles. The summed E-state index contributed by atoms with van der Waals surface area (Å²) in [6, 6.07) is 11.6. The Morgan fingerprint density at radius 1 is 1.20 bits per heavy atom. The zero-order chi connectivity index (χ0) is 13.9. The number of amides is 1. The Morgan fingerprint density at radius 3 is 2.70 bits per heavy atom. The van der Waals surface area contributed by atoms with Gasteiger partial charge in [0, 0.05) is 16.1 Å². The summed E-state index contributed by atoms with van der Waals surface area (Å²) in [4.78, 5) is 15.9. The van der Waals surface area contributed by atoms with Crippen molar-refractivity contribution in [3.8, 4) is 0 Å². The summed E-state index contributed by atoms with van der Waals surface area (Å²) in [5.41, 5.74) is 1.86. The lowest BCUT2D eigenvalue weighted by atomic mass is 10.3. The fourth-order valence-corrected chi connectivity index (χ4v) is 2.25. The highest BCUT2D eigenvalue weighted by Crippen LogP contribution is 2.30. The molecule has 3 rings (SSSR count). The molecular weight excluding hydrogens is 318 g/mol. The van der Waals surface area contributed by atoms with E-state index in [9.17, 15) is 4.79 Å². The topological polar surface area (TPSA) is 54.0 Å². The standard InChI is InChI=1S/C15H14BrN3O/c16-11-2-1-3-12(8-11)18-13-6-7-14(17-9-13)19-15(20)10-4-5-10/h1-3,6-10,18H,4-5H2,(H,17,19,20). The van der Waals surface area contributed by atoms with Crippen molar-refractivity contribution in [2.45, 2.75) is 12.8 Å². The van der Waals surface area contributed by atoms with Gasteiger partial charge in [0.2, 0.25) is 5.91 Å². The van der Waals surface area contributed by atoms with Gasteiger partial charge in [-0.2, -0.15) is 0 Å². The third kappa shape index (κ3) is 3.36. The first-order valence-electron chi connectivity index (χ1n) is 6.50. The van der Waals surface area contributed by atoms with Crippen molar-refractivity contribution in [3.05, 3.63) is 47.1 Å². The van der Waals surface area contributed by atoms with Crippen molar-refractivity contribution in [1.82, 2.24) is 4.98 Å². The quantitative estimate of drug-likeness (QED) is 0.892. The Kier molecular flexibility index (Phi) is 3.69. The number of hydrogen-bond donors (Lipinski definition) is 2. The molecule has 1 fully saturated rings. The third-order valence-electron chi connectivity index (χ3n) is 3.08. The first-order chi connectivity index (χ1) is 9.70. The van der Waals surface area contributed by atoms with Crippen LogP contribution in [0.1, 0.15) is 12.8 Å². The molecule has 4 nitrogen and oxygen atoms in total. The summed E-state index contributed by atoms with van der Waals surface area (Å²) in [7, 11) is 0. The van der Waals surface area contributed by atoms with Crippen molar-refractivity contribution >= 4 is 39.0 Å². The summed E-state index contributed by atoms with van der Waals surface area (Å²) in [6.07, 6.45) is 3.70. The second kappa shape index (κ2) is 5.63. The lowest BCUT2D eigenvalue weighted by Gasteiger charge is -2.08. The number of carbonyl (C=O) groups excluding carboxylic acids is 1. The van der Waals surface area contributed by atoms with Crippen molar-refractivity contribution in [1.29, 1.82) is 0 Å². The normalized spacial score (nSPS) is 13.8. The van der Waals surface area contributed by atoms with Crippen LogP contribution in [0.5, 0.6) is 0 Å². The summed E-state index contributed by atoms with van der Waals surface area (Å²) >= 11 is 3.43. The van der Waals surface area contributed by atoms with Gasteiger partial charge in [0.1, 0.15) is 5.82 Å². The van der Waals surface area contributed by atoms with Crippen LogP contribution in [0.15, 0.2) is 47.1 Å². The van der Waals surface area contributed by atoms with Crippen molar-refractivity contribution in [2.24, 2.45) is 5.92 Å². The van der Waals surface area contributed by atoms with Crippen LogP contribution < -0.4 is 10.6 Å². The van der Waals surface area contributed by atoms with Crippen LogP contribution in [0.25, 0.3) is 0 Å². The third-order valence-corrected chi connectivity index (χ3v) is 3.57. The Hall–Kier alpha value is -1.88. The van der Waals surface area contributed by atoms with E-state index in [0.29, 0.717) is 5.82 Å². The van der Waals surface area contributed by atoms with Crippen LogP contribution in [0.4, 0.5) is 17.2 Å². The van der Waals surface area contributed by atoms with E-state index >= 15 is 0 Å². The number of aromatic nitrogens is 1. The largest absolute Gasteiger partial charge is 0.354 e. The van der Waals surface area contributed by atoms with Gasteiger partial charge >= 0.3 is 0 Å². The van der Waals surface area contributed by atoms with E-state index in [2.05, 4.69) is 31.5 Å². The Bertz CT molecular complexity index is 623. The van der Waals surface area contributed by atoms with E-state index in [1.165, 1.54) is 0 Å². The van der Waals surface area contributed by atoms with Crippen LogP contribution in [-0.2, 0) is 4.79 Å². The minimum Gasteiger partial charge on any atom is -0.354 e. The number of carbonyl (C=O) groups is 1. The molecule has 1 heterocycles. The molecule has 0 bridgehead atoms. The predicted octanol–water partition coefficient (Wildman–Crippen LogP) is 3.94. The highest BCUT2D eigenvalue weighted by Gasteiger charge is 2.29. The average Bonchev–Trinajstić information content (AvgIpc) is 3.25. The van der Waals surface area contributed by atoms with E-state index in [1.54, 1.807) is 12.3 Å². The molecule has 2 N–H and O–H groups in total. The monoisotopic (exact) mass is 331 g/mol. The van der Waals surface area contributed by atoms with Gasteiger partial charge in [-0.25, -0.2) is 4.98 Å². The number of nitrogens with one attached hydrogen (secondary N) is 2. The fourth-order valence-electron chi connectivity index (χ4n) is 1.85. The SMILES string of the molecule is O=C(Nc1ccc(Nc2cccc(Br)c2)cn1)C1CC1. The van der Waals surface area contributed by atoms with Gasteiger partial charge in [-0.3, -0.25) is 4.79 Å². The van der Waals surface area contributed by atoms with Gasteiger partial charge in [-0.05, 0) is 43.2 Å². The van der Waals surface area contributed by atoms with E-state index in [-0.39, 0.29) is 11.8 Å². The number of benzene rings is 1. The molecule has 1 aromatic heterocycles. The molecule has 1 amide bonds. The number of nitrogens with zero attached hydrogens (tertiary/aromatic N) is 1. The van der Waals surface area contributed by atoms with Crippen LogP contribution >= 0.6 is 15.9 Å². The molecule has 1 saturated carbocycles. The molecule has 0 aliphatic heterocycles. The molecule has 102 valence electrons. The van der Waals surface area contributed by atoms with Crippen LogP contribution in [0.2, 0.25) is 0 Å². The van der Waals surface area contributed by atoms with Crippen LogP contribution in [0, 0.1) is 5.92 Å². The van der Waals surface area contributed by atoms with Crippen LogP contribution in [0.3, 0.4) is 0 Å². The van der Waals surface area contributed by atoms with Gasteiger partial charge in [0.05, 0.1) is 11.9 Å². The molecule has 0 spiro atoms. The Morgan fingerprint density at radius 2 is 2.05 bits per heavy atom. The van der Waals surface area contributed by atoms with Crippen LogP contribution in [-0.4, -0.2) is 10.9 Å². The molecule has 5 heteroatoms. The summed E-state index contributed by atoms with van der Waals surface area (Å²) in [6.45, 7) is 0. The summed E-state index contributed by atoms with van der Waals surface area (Å²) in [5, 5.41) is 6.07. The highest BCUT2D eigenvalue weighted by atomic mass is 79.9. The minimum atomic E-state index is 0.0743. The molecule has 1 aliphatic carbocycles. The average molecular weight is 332 g/mol. The van der Waals surface area contributed by atoms with Gasteiger partial charge < -0.3 is 10.6 Å². The molecule has 1 aromatic carbocycles. The second-order valence-corrected chi connectivity index (χ2v) is 5.75. The molecule has 0 atom stereocenters. The molecule has 2 aromatic rings. The van der Waals surface area contributed by atoms with E-state index < -0.39 is 0 Å².